The first-order valence-electron chi connectivity index (χ1n) is 5.86. The van der Waals surface area contributed by atoms with Crippen LogP contribution in [-0.4, -0.2) is 17.0 Å². The topological polar surface area (TPSA) is 66.4 Å². The number of carbonyl (C=O) groups excluding carboxylic acids is 1. The summed E-state index contributed by atoms with van der Waals surface area (Å²) in [5, 5.41) is 11.3. The lowest BCUT2D eigenvalue weighted by Crippen LogP contribution is -2.26. The van der Waals surface area contributed by atoms with E-state index in [9.17, 15) is 9.59 Å². The molecule has 0 spiro atoms. The van der Waals surface area contributed by atoms with Crippen LogP contribution >= 0.6 is 0 Å². The molecular weight excluding hydrogens is 230 g/mol. The Hall–Kier alpha value is -1.84. The van der Waals surface area contributed by atoms with Crippen molar-refractivity contribution in [1.82, 2.24) is 0 Å². The minimum atomic E-state index is -1.13. The van der Waals surface area contributed by atoms with E-state index in [0.29, 0.717) is 5.69 Å². The second-order valence-corrected chi connectivity index (χ2v) is 5.38. The Kier molecular flexibility index (Phi) is 4.11. The second kappa shape index (κ2) is 5.21. The molecule has 0 radical (unpaired) electrons. The maximum Gasteiger partial charge on any atom is 0.315 e. The van der Waals surface area contributed by atoms with Gasteiger partial charge in [0.05, 0.1) is 0 Å². The molecule has 1 rings (SSSR count). The highest BCUT2D eigenvalue weighted by molar-refractivity contribution is 6.03. The molecule has 98 valence electrons. The van der Waals surface area contributed by atoms with E-state index in [1.165, 1.54) is 6.92 Å². The van der Waals surface area contributed by atoms with E-state index in [2.05, 4.69) is 26.1 Å². The van der Waals surface area contributed by atoms with Gasteiger partial charge in [-0.3, -0.25) is 9.59 Å². The molecule has 0 saturated heterocycles. The Balaban J connectivity index is 2.76. The molecule has 0 fully saturated rings. The van der Waals surface area contributed by atoms with Gasteiger partial charge < -0.3 is 10.4 Å². The van der Waals surface area contributed by atoms with Gasteiger partial charge in [0, 0.05) is 5.69 Å². The van der Waals surface area contributed by atoms with Crippen molar-refractivity contribution in [3.63, 3.8) is 0 Å². The quantitative estimate of drug-likeness (QED) is 0.809. The SMILES string of the molecule is CC(C(=O)O)C(=O)Nc1ccc(C(C)(C)C)cc1. The van der Waals surface area contributed by atoms with Crippen molar-refractivity contribution < 1.29 is 14.7 Å². The number of anilines is 1. The Labute approximate surface area is 107 Å². The normalized spacial score (nSPS) is 12.9. The zero-order valence-corrected chi connectivity index (χ0v) is 11.2. The van der Waals surface area contributed by atoms with E-state index in [1.54, 1.807) is 12.1 Å². The summed E-state index contributed by atoms with van der Waals surface area (Å²) in [5.41, 5.74) is 1.82. The number of carboxylic acids is 1. The first-order valence-corrected chi connectivity index (χ1v) is 5.86. The van der Waals surface area contributed by atoms with Crippen LogP contribution < -0.4 is 5.32 Å². The van der Waals surface area contributed by atoms with E-state index >= 15 is 0 Å². The molecule has 0 bridgehead atoms. The maximum absolute atomic E-state index is 11.5. The van der Waals surface area contributed by atoms with Gasteiger partial charge in [-0.15, -0.1) is 0 Å². The Morgan fingerprint density at radius 1 is 1.17 bits per heavy atom. The molecule has 1 aromatic rings. The van der Waals surface area contributed by atoms with E-state index in [-0.39, 0.29) is 5.41 Å². The number of benzene rings is 1. The van der Waals surface area contributed by atoms with Gasteiger partial charge in [0.15, 0.2) is 0 Å². The second-order valence-electron chi connectivity index (χ2n) is 5.38. The maximum atomic E-state index is 11.5. The van der Waals surface area contributed by atoms with Crippen molar-refractivity contribution in [2.24, 2.45) is 5.92 Å². The lowest BCUT2D eigenvalue weighted by Gasteiger charge is -2.19. The molecule has 4 heteroatoms. The lowest BCUT2D eigenvalue weighted by molar-refractivity contribution is -0.144. The standard InChI is InChI=1S/C14H19NO3/c1-9(13(17)18)12(16)15-11-7-5-10(6-8-11)14(2,3)4/h5-9H,1-4H3,(H,15,16)(H,17,18). The van der Waals surface area contributed by atoms with Crippen LogP contribution in [0.3, 0.4) is 0 Å². The van der Waals surface area contributed by atoms with Gasteiger partial charge in [-0.1, -0.05) is 32.9 Å². The summed E-state index contributed by atoms with van der Waals surface area (Å²) in [6.45, 7) is 7.68. The van der Waals surface area contributed by atoms with E-state index in [0.717, 1.165) is 5.56 Å². The third-order valence-electron chi connectivity index (χ3n) is 2.78. The molecule has 0 saturated carbocycles. The smallest absolute Gasteiger partial charge is 0.315 e. The van der Waals surface area contributed by atoms with E-state index in [4.69, 9.17) is 5.11 Å². The van der Waals surface area contributed by atoms with Gasteiger partial charge in [-0.05, 0) is 30.0 Å². The highest BCUT2D eigenvalue weighted by Gasteiger charge is 2.20. The monoisotopic (exact) mass is 249 g/mol. The van der Waals surface area contributed by atoms with Gasteiger partial charge in [0.25, 0.3) is 0 Å². The molecule has 0 aromatic heterocycles. The van der Waals surface area contributed by atoms with Crippen LogP contribution in [0.25, 0.3) is 0 Å². The fourth-order valence-corrected chi connectivity index (χ4v) is 1.42. The molecule has 0 aliphatic heterocycles. The molecule has 0 aliphatic rings. The van der Waals surface area contributed by atoms with E-state index < -0.39 is 17.8 Å². The van der Waals surface area contributed by atoms with Crippen LogP contribution in [0.2, 0.25) is 0 Å². The Bertz CT molecular complexity index is 443. The lowest BCUT2D eigenvalue weighted by atomic mass is 9.87. The van der Waals surface area contributed by atoms with Gasteiger partial charge in [-0.2, -0.15) is 0 Å². The fraction of sp³-hybridized carbons (Fsp3) is 0.429. The van der Waals surface area contributed by atoms with Crippen LogP contribution in [0.1, 0.15) is 33.3 Å². The van der Waals surface area contributed by atoms with Gasteiger partial charge >= 0.3 is 5.97 Å². The Morgan fingerprint density at radius 2 is 1.67 bits per heavy atom. The minimum absolute atomic E-state index is 0.0525. The molecule has 0 heterocycles. The first kappa shape index (κ1) is 14.2. The third-order valence-corrected chi connectivity index (χ3v) is 2.78. The summed E-state index contributed by atoms with van der Waals surface area (Å²) in [6, 6.07) is 7.43. The highest BCUT2D eigenvalue weighted by atomic mass is 16.4. The summed E-state index contributed by atoms with van der Waals surface area (Å²) in [6.07, 6.45) is 0. The molecular formula is C14H19NO3. The minimum Gasteiger partial charge on any atom is -0.481 e. The summed E-state index contributed by atoms with van der Waals surface area (Å²) in [4.78, 5) is 22.2. The number of nitrogens with one attached hydrogen (secondary N) is 1. The molecule has 18 heavy (non-hydrogen) atoms. The van der Waals surface area contributed by atoms with Crippen LogP contribution in [0, 0.1) is 5.92 Å². The number of amides is 1. The molecule has 1 atom stereocenters. The van der Waals surface area contributed by atoms with Gasteiger partial charge in [0.2, 0.25) is 5.91 Å². The molecule has 4 nitrogen and oxygen atoms in total. The number of carboxylic acid groups (broad SMARTS) is 1. The van der Waals surface area contributed by atoms with Crippen LogP contribution in [0.4, 0.5) is 5.69 Å². The number of rotatable bonds is 3. The molecule has 2 N–H and O–H groups in total. The molecule has 1 unspecified atom stereocenters. The summed E-state index contributed by atoms with van der Waals surface area (Å²) in [5.74, 6) is -2.68. The van der Waals surface area contributed by atoms with E-state index in [1.807, 2.05) is 12.1 Å². The summed E-state index contributed by atoms with van der Waals surface area (Å²) < 4.78 is 0. The van der Waals surface area contributed by atoms with Crippen molar-refractivity contribution in [2.45, 2.75) is 33.1 Å². The van der Waals surface area contributed by atoms with Crippen molar-refractivity contribution in [2.75, 3.05) is 5.32 Å². The zero-order chi connectivity index (χ0) is 13.9. The van der Waals surface area contributed by atoms with Gasteiger partial charge in [-0.25, -0.2) is 0 Å². The average Bonchev–Trinajstić information content (AvgIpc) is 2.27. The van der Waals surface area contributed by atoms with Crippen molar-refractivity contribution >= 4 is 17.6 Å². The molecule has 1 aromatic carbocycles. The zero-order valence-electron chi connectivity index (χ0n) is 11.2. The summed E-state index contributed by atoms with van der Waals surface area (Å²) in [7, 11) is 0. The van der Waals surface area contributed by atoms with Crippen molar-refractivity contribution in [1.29, 1.82) is 0 Å². The molecule has 0 aliphatic carbocycles. The largest absolute Gasteiger partial charge is 0.481 e. The third kappa shape index (κ3) is 3.58. The fourth-order valence-electron chi connectivity index (χ4n) is 1.42. The van der Waals surface area contributed by atoms with Crippen LogP contribution in [-0.2, 0) is 15.0 Å². The highest BCUT2D eigenvalue weighted by Crippen LogP contribution is 2.23. The van der Waals surface area contributed by atoms with Crippen molar-refractivity contribution in [3.8, 4) is 0 Å². The first-order chi connectivity index (χ1) is 8.21. The predicted octanol–water partition coefficient (Wildman–Crippen LogP) is 2.64. The predicted molar refractivity (Wildman–Crippen MR) is 70.6 cm³/mol. The number of carbonyl (C=O) groups is 2. The molecule has 1 amide bonds. The summed E-state index contributed by atoms with van der Waals surface area (Å²) >= 11 is 0. The average molecular weight is 249 g/mol. The number of aliphatic carboxylic acids is 1. The van der Waals surface area contributed by atoms with Crippen LogP contribution in [0.5, 0.6) is 0 Å². The van der Waals surface area contributed by atoms with Crippen LogP contribution in [0.15, 0.2) is 24.3 Å². The van der Waals surface area contributed by atoms with Gasteiger partial charge in [0.1, 0.15) is 5.92 Å². The number of hydrogen-bond acceptors (Lipinski definition) is 2. The Morgan fingerprint density at radius 3 is 2.06 bits per heavy atom. The van der Waals surface area contributed by atoms with Crippen molar-refractivity contribution in [3.05, 3.63) is 29.8 Å². The number of hydrogen-bond donors (Lipinski definition) is 2.